The third-order valence-corrected chi connectivity index (χ3v) is 5.83. The van der Waals surface area contributed by atoms with Crippen molar-refractivity contribution in [2.75, 3.05) is 19.6 Å². The minimum atomic E-state index is -0.270. The maximum atomic E-state index is 14.5. The minimum Gasteiger partial charge on any atom is -0.352 e. The highest BCUT2D eigenvalue weighted by Gasteiger charge is 2.22. The van der Waals surface area contributed by atoms with E-state index in [0.29, 0.717) is 22.8 Å². The van der Waals surface area contributed by atoms with E-state index >= 15 is 0 Å². The molecule has 0 saturated heterocycles. The van der Waals surface area contributed by atoms with E-state index in [9.17, 15) is 4.39 Å². The number of fused-ring (bicyclic) bond motifs is 3. The lowest BCUT2D eigenvalue weighted by Gasteiger charge is -2.18. The van der Waals surface area contributed by atoms with Crippen LogP contribution in [0.2, 0.25) is 5.02 Å². The highest BCUT2D eigenvalue weighted by Crippen LogP contribution is 2.35. The molecule has 0 amide bonds. The Bertz CT molecular complexity index is 1060. The molecule has 166 valence electrons. The van der Waals surface area contributed by atoms with E-state index in [2.05, 4.69) is 35.7 Å². The summed E-state index contributed by atoms with van der Waals surface area (Å²) in [6.07, 6.45) is 4.36. The number of halogens is 4. The molecule has 0 fully saturated rings. The number of aliphatic imine (C=N–C) groups is 1. The van der Waals surface area contributed by atoms with Crippen LogP contribution in [0.1, 0.15) is 30.5 Å². The van der Waals surface area contributed by atoms with Crippen LogP contribution in [0.5, 0.6) is 0 Å². The monoisotopic (exact) mass is 481 g/mol. The molecule has 3 aromatic rings. The van der Waals surface area contributed by atoms with Gasteiger partial charge in [0.1, 0.15) is 5.82 Å². The van der Waals surface area contributed by atoms with Gasteiger partial charge in [-0.2, -0.15) is 0 Å². The number of nitrogens with zero attached hydrogens (tertiary/aromatic N) is 3. The van der Waals surface area contributed by atoms with Gasteiger partial charge in [0.05, 0.1) is 12.3 Å². The van der Waals surface area contributed by atoms with Gasteiger partial charge in [0.2, 0.25) is 0 Å². The lowest BCUT2D eigenvalue weighted by atomic mass is 9.94. The molecule has 2 heterocycles. The number of hydrogen-bond donors (Lipinski definition) is 0. The second-order valence-electron chi connectivity index (χ2n) is 7.30. The van der Waals surface area contributed by atoms with Crippen LogP contribution in [0.3, 0.4) is 0 Å². The molecule has 0 saturated carbocycles. The predicted octanol–water partition coefficient (Wildman–Crippen LogP) is 6.48. The number of likely N-dealkylation sites (N-methyl/N-ethyl adjacent to an activating group) is 1. The zero-order valence-corrected chi connectivity index (χ0v) is 20.0. The predicted molar refractivity (Wildman–Crippen MR) is 133 cm³/mol. The molecule has 31 heavy (non-hydrogen) atoms. The second-order valence-corrected chi connectivity index (χ2v) is 7.73. The van der Waals surface area contributed by atoms with Crippen molar-refractivity contribution in [2.45, 2.75) is 26.9 Å². The summed E-state index contributed by atoms with van der Waals surface area (Å²) in [7, 11) is 0. The van der Waals surface area contributed by atoms with E-state index in [1.807, 2.05) is 24.3 Å². The summed E-state index contributed by atoms with van der Waals surface area (Å²) >= 11 is 6.31. The molecule has 4 rings (SSSR count). The highest BCUT2D eigenvalue weighted by atomic mass is 35.5. The fraction of sp³-hybridized carbons (Fsp3) is 0.292. The van der Waals surface area contributed by atoms with Gasteiger partial charge in [-0.05, 0) is 48.5 Å². The quantitative estimate of drug-likeness (QED) is 0.393. The number of rotatable bonds is 6. The van der Waals surface area contributed by atoms with Gasteiger partial charge in [-0.25, -0.2) is 4.39 Å². The van der Waals surface area contributed by atoms with Gasteiger partial charge in [0, 0.05) is 47.2 Å². The van der Waals surface area contributed by atoms with E-state index in [-0.39, 0.29) is 30.6 Å². The highest BCUT2D eigenvalue weighted by molar-refractivity contribution is 6.31. The largest absolute Gasteiger partial charge is 0.352 e. The second kappa shape index (κ2) is 11.1. The van der Waals surface area contributed by atoms with Gasteiger partial charge in [-0.1, -0.05) is 43.6 Å². The van der Waals surface area contributed by atoms with Crippen LogP contribution in [0.25, 0.3) is 11.1 Å². The Hall–Kier alpha value is -1.85. The Kier molecular flexibility index (Phi) is 9.14. The SMILES string of the molecule is CCN(CC)CCn1cc2c(c1)-c1ccc(Cl)cc1C(c1ccccc1F)=NC2.Cl.Cl. The summed E-state index contributed by atoms with van der Waals surface area (Å²) in [5.41, 5.74) is 5.39. The molecular formula is C24H27Cl3FN3. The number of aromatic nitrogens is 1. The summed E-state index contributed by atoms with van der Waals surface area (Å²) in [5, 5.41) is 0.622. The third-order valence-electron chi connectivity index (χ3n) is 5.59. The molecule has 0 bridgehead atoms. The van der Waals surface area contributed by atoms with Gasteiger partial charge in [0.15, 0.2) is 0 Å². The topological polar surface area (TPSA) is 20.5 Å². The zero-order valence-electron chi connectivity index (χ0n) is 17.6. The Balaban J connectivity index is 0.00000171. The summed E-state index contributed by atoms with van der Waals surface area (Å²) in [5.74, 6) is -0.270. The van der Waals surface area contributed by atoms with Crippen molar-refractivity contribution in [3.63, 3.8) is 0 Å². The van der Waals surface area contributed by atoms with Crippen LogP contribution >= 0.6 is 36.4 Å². The first-order valence-corrected chi connectivity index (χ1v) is 10.5. The summed E-state index contributed by atoms with van der Waals surface area (Å²) < 4.78 is 16.8. The van der Waals surface area contributed by atoms with E-state index in [1.54, 1.807) is 12.1 Å². The molecule has 0 N–H and O–H groups in total. The van der Waals surface area contributed by atoms with Crippen molar-refractivity contribution < 1.29 is 4.39 Å². The molecule has 3 nitrogen and oxygen atoms in total. The van der Waals surface area contributed by atoms with Crippen molar-refractivity contribution in [1.82, 2.24) is 9.47 Å². The van der Waals surface area contributed by atoms with E-state index < -0.39 is 0 Å². The standard InChI is InChI=1S/C24H25ClFN3.2ClH/c1-3-28(4-2)11-12-29-15-17-14-27-24(20-7-5-6-8-23(20)26)21-13-18(25)9-10-19(21)22(17)16-29;;/h5-10,13,15-16H,3-4,11-12,14H2,1-2H3;2*1H. The molecule has 1 aliphatic rings. The van der Waals surface area contributed by atoms with Gasteiger partial charge >= 0.3 is 0 Å². The summed E-state index contributed by atoms with van der Waals surface area (Å²) in [6, 6.07) is 12.6. The molecule has 0 radical (unpaired) electrons. The van der Waals surface area contributed by atoms with Gasteiger partial charge in [-0.3, -0.25) is 4.99 Å². The van der Waals surface area contributed by atoms with Gasteiger partial charge in [-0.15, -0.1) is 24.8 Å². The molecule has 2 aromatic carbocycles. The average Bonchev–Trinajstić information content (AvgIpc) is 3.07. The Morgan fingerprint density at radius 3 is 2.42 bits per heavy atom. The lowest BCUT2D eigenvalue weighted by molar-refractivity contribution is 0.290. The van der Waals surface area contributed by atoms with Gasteiger partial charge in [0.25, 0.3) is 0 Å². The normalized spacial score (nSPS) is 12.2. The minimum absolute atomic E-state index is 0. The number of benzene rings is 2. The number of hydrogen-bond acceptors (Lipinski definition) is 2. The van der Waals surface area contributed by atoms with Crippen molar-refractivity contribution in [3.05, 3.63) is 82.4 Å². The molecule has 0 aliphatic carbocycles. The van der Waals surface area contributed by atoms with Crippen molar-refractivity contribution in [2.24, 2.45) is 4.99 Å². The smallest absolute Gasteiger partial charge is 0.132 e. The lowest BCUT2D eigenvalue weighted by Crippen LogP contribution is -2.26. The Morgan fingerprint density at radius 1 is 0.968 bits per heavy atom. The summed E-state index contributed by atoms with van der Waals surface area (Å²) in [6.45, 7) is 8.94. The third kappa shape index (κ3) is 5.32. The van der Waals surface area contributed by atoms with Crippen LogP contribution in [0.4, 0.5) is 4.39 Å². The fourth-order valence-corrected chi connectivity index (χ4v) is 4.10. The van der Waals surface area contributed by atoms with Gasteiger partial charge < -0.3 is 9.47 Å². The zero-order chi connectivity index (χ0) is 20.4. The molecule has 1 aliphatic heterocycles. The molecule has 0 spiro atoms. The fourth-order valence-electron chi connectivity index (χ4n) is 3.93. The van der Waals surface area contributed by atoms with Crippen molar-refractivity contribution >= 4 is 42.1 Å². The van der Waals surface area contributed by atoms with Crippen LogP contribution in [-0.2, 0) is 13.1 Å². The van der Waals surface area contributed by atoms with Crippen molar-refractivity contribution in [3.8, 4) is 11.1 Å². The first kappa shape index (κ1) is 25.4. The molecule has 0 atom stereocenters. The van der Waals surface area contributed by atoms with Crippen LogP contribution in [0, 0.1) is 5.82 Å². The van der Waals surface area contributed by atoms with E-state index in [0.717, 1.165) is 48.4 Å². The first-order valence-electron chi connectivity index (χ1n) is 10.1. The van der Waals surface area contributed by atoms with E-state index in [4.69, 9.17) is 16.6 Å². The molecule has 1 aromatic heterocycles. The Morgan fingerprint density at radius 2 is 1.71 bits per heavy atom. The Labute approximate surface area is 200 Å². The van der Waals surface area contributed by atoms with Crippen LogP contribution < -0.4 is 0 Å². The molecular weight excluding hydrogens is 456 g/mol. The van der Waals surface area contributed by atoms with Crippen LogP contribution in [0.15, 0.2) is 59.9 Å². The molecule has 0 unspecified atom stereocenters. The molecule has 7 heteroatoms. The van der Waals surface area contributed by atoms with Crippen molar-refractivity contribution in [1.29, 1.82) is 0 Å². The van der Waals surface area contributed by atoms with Crippen LogP contribution in [-0.4, -0.2) is 34.8 Å². The maximum absolute atomic E-state index is 14.5. The maximum Gasteiger partial charge on any atom is 0.132 e. The average molecular weight is 483 g/mol. The van der Waals surface area contributed by atoms with E-state index in [1.165, 1.54) is 6.07 Å². The summed E-state index contributed by atoms with van der Waals surface area (Å²) in [4.78, 5) is 7.22. The first-order chi connectivity index (χ1) is 14.1.